The van der Waals surface area contributed by atoms with Crippen molar-refractivity contribution in [3.8, 4) is 22.6 Å². The summed E-state index contributed by atoms with van der Waals surface area (Å²) in [5.41, 5.74) is 4.83. The summed E-state index contributed by atoms with van der Waals surface area (Å²) in [6, 6.07) is 16.8. The standard InChI is InChI=1S/C34H35N9O4/c1-41-21-36-32(40-41)24-5-3-22(4-6-24)23-11-14-43(15-12-23)30(45)19-42-16-13-34(20-42,47-2)33(46)37-26-8-9-28-27(17-26)31(39-38-28)25-7-10-29(44)35-18-25/h3-11,17-18,21H,12-16,19-20H2,1-2H3,(H,35,44)(H,37,46)(H,38,39)/t34-/m0/s1. The molecule has 3 N–H and O–H groups in total. The van der Waals surface area contributed by atoms with Crippen LogP contribution in [0.5, 0.6) is 0 Å². The molecule has 1 atom stereocenters. The number of hydrogen-bond donors (Lipinski definition) is 3. The number of H-pyrrole nitrogens is 2. The van der Waals surface area contributed by atoms with Crippen LogP contribution in [0, 0.1) is 0 Å². The molecule has 2 amide bonds. The van der Waals surface area contributed by atoms with E-state index in [0.717, 1.165) is 34.0 Å². The smallest absolute Gasteiger partial charge is 0.258 e. The first-order valence-corrected chi connectivity index (χ1v) is 15.5. The molecule has 0 bridgehead atoms. The van der Waals surface area contributed by atoms with E-state index in [9.17, 15) is 14.4 Å². The predicted molar refractivity (Wildman–Crippen MR) is 177 cm³/mol. The minimum atomic E-state index is -1.08. The number of nitrogens with zero attached hydrogens (tertiary/aromatic N) is 6. The van der Waals surface area contributed by atoms with Gasteiger partial charge in [0.25, 0.3) is 5.91 Å². The molecule has 5 aromatic rings. The third-order valence-corrected chi connectivity index (χ3v) is 9.03. The Labute approximate surface area is 270 Å². The monoisotopic (exact) mass is 633 g/mol. The number of rotatable bonds is 8. The van der Waals surface area contributed by atoms with Crippen molar-refractivity contribution in [3.05, 3.63) is 89.1 Å². The molecule has 47 heavy (non-hydrogen) atoms. The van der Waals surface area contributed by atoms with Crippen molar-refractivity contribution in [2.75, 3.05) is 45.2 Å². The Hall–Kier alpha value is -5.40. The molecule has 13 heteroatoms. The maximum Gasteiger partial charge on any atom is 0.258 e. The van der Waals surface area contributed by atoms with E-state index in [-0.39, 0.29) is 23.9 Å². The molecule has 5 heterocycles. The molecule has 0 spiro atoms. The molecule has 3 aromatic heterocycles. The Bertz CT molecular complexity index is 2020. The second-order valence-electron chi connectivity index (χ2n) is 12.0. The van der Waals surface area contributed by atoms with Crippen LogP contribution in [0.25, 0.3) is 39.1 Å². The highest BCUT2D eigenvalue weighted by Crippen LogP contribution is 2.31. The Morgan fingerprint density at radius 3 is 2.55 bits per heavy atom. The Morgan fingerprint density at radius 1 is 1.04 bits per heavy atom. The van der Waals surface area contributed by atoms with E-state index in [0.29, 0.717) is 49.8 Å². The zero-order chi connectivity index (χ0) is 32.5. The highest BCUT2D eigenvalue weighted by atomic mass is 16.5. The number of aromatic nitrogens is 6. The number of benzene rings is 2. The number of aryl methyl sites for hydroxylation is 1. The summed E-state index contributed by atoms with van der Waals surface area (Å²) in [4.78, 5) is 49.2. The van der Waals surface area contributed by atoms with Gasteiger partial charge in [-0.2, -0.15) is 10.2 Å². The van der Waals surface area contributed by atoms with Crippen molar-refractivity contribution in [1.82, 2.24) is 39.7 Å². The second kappa shape index (κ2) is 12.4. The lowest BCUT2D eigenvalue weighted by Gasteiger charge is -2.30. The molecule has 13 nitrogen and oxygen atoms in total. The summed E-state index contributed by atoms with van der Waals surface area (Å²) in [6.07, 6.45) is 6.64. The molecule has 2 aromatic carbocycles. The summed E-state index contributed by atoms with van der Waals surface area (Å²) in [5, 5.41) is 15.6. The van der Waals surface area contributed by atoms with Crippen LogP contribution >= 0.6 is 0 Å². The number of aromatic amines is 2. The molecular formula is C34H35N9O4. The Balaban J connectivity index is 0.961. The van der Waals surface area contributed by atoms with Crippen molar-refractivity contribution in [1.29, 1.82) is 0 Å². The van der Waals surface area contributed by atoms with Crippen molar-refractivity contribution >= 4 is 34.0 Å². The van der Waals surface area contributed by atoms with Gasteiger partial charge in [-0.15, -0.1) is 0 Å². The van der Waals surface area contributed by atoms with E-state index in [4.69, 9.17) is 4.74 Å². The summed E-state index contributed by atoms with van der Waals surface area (Å²) < 4.78 is 7.50. The lowest BCUT2D eigenvalue weighted by molar-refractivity contribution is -0.138. The highest BCUT2D eigenvalue weighted by Gasteiger charge is 2.45. The molecule has 0 aliphatic carbocycles. The minimum Gasteiger partial charge on any atom is -0.367 e. The summed E-state index contributed by atoms with van der Waals surface area (Å²) >= 11 is 0. The van der Waals surface area contributed by atoms with Crippen molar-refractivity contribution in [3.63, 3.8) is 0 Å². The van der Waals surface area contributed by atoms with Gasteiger partial charge in [-0.3, -0.25) is 29.1 Å². The van der Waals surface area contributed by atoms with Crippen molar-refractivity contribution in [2.45, 2.75) is 18.4 Å². The van der Waals surface area contributed by atoms with Crippen LogP contribution in [-0.2, 0) is 21.4 Å². The van der Waals surface area contributed by atoms with Gasteiger partial charge in [0.1, 0.15) is 12.0 Å². The van der Waals surface area contributed by atoms with Gasteiger partial charge in [0.2, 0.25) is 11.5 Å². The average Bonchev–Trinajstić information content (AvgIpc) is 3.84. The zero-order valence-electron chi connectivity index (χ0n) is 26.2. The van der Waals surface area contributed by atoms with Crippen LogP contribution in [0.4, 0.5) is 5.69 Å². The first kappa shape index (κ1) is 30.3. The van der Waals surface area contributed by atoms with Crippen LogP contribution in [-0.4, -0.2) is 97.0 Å². The van der Waals surface area contributed by atoms with Gasteiger partial charge in [-0.05, 0) is 48.2 Å². The van der Waals surface area contributed by atoms with Gasteiger partial charge in [-0.25, -0.2) is 4.98 Å². The summed E-state index contributed by atoms with van der Waals surface area (Å²) in [6.45, 7) is 2.27. The van der Waals surface area contributed by atoms with Crippen molar-refractivity contribution in [2.24, 2.45) is 7.05 Å². The molecule has 7 rings (SSSR count). The average molecular weight is 634 g/mol. The number of anilines is 1. The van der Waals surface area contributed by atoms with Gasteiger partial charge >= 0.3 is 0 Å². The molecule has 0 unspecified atom stereocenters. The molecule has 1 fully saturated rings. The maximum atomic E-state index is 13.6. The molecule has 2 aliphatic heterocycles. The first-order chi connectivity index (χ1) is 22.8. The molecule has 0 radical (unpaired) electrons. The Kier molecular flexibility index (Phi) is 8.00. The third kappa shape index (κ3) is 6.10. The van der Waals surface area contributed by atoms with E-state index < -0.39 is 5.60 Å². The summed E-state index contributed by atoms with van der Waals surface area (Å²) in [7, 11) is 3.38. The van der Waals surface area contributed by atoms with Gasteiger partial charge in [0.15, 0.2) is 11.4 Å². The first-order valence-electron chi connectivity index (χ1n) is 15.5. The topological polar surface area (TPSA) is 154 Å². The number of hydrogen-bond acceptors (Lipinski definition) is 8. The van der Waals surface area contributed by atoms with Crippen LogP contribution in [0.15, 0.2) is 78.0 Å². The zero-order valence-corrected chi connectivity index (χ0v) is 26.2. The third-order valence-electron chi connectivity index (χ3n) is 9.03. The normalized spacial score (nSPS) is 18.4. The van der Waals surface area contributed by atoms with E-state index in [1.807, 2.05) is 41.1 Å². The fraction of sp³-hybridized carbons (Fsp3) is 0.294. The lowest BCUT2D eigenvalue weighted by atomic mass is 9.98. The number of methoxy groups -OCH3 is 1. The number of amides is 2. The number of carbonyl (C=O) groups excluding carboxylic acids is 2. The van der Waals surface area contributed by atoms with Crippen molar-refractivity contribution < 1.29 is 14.3 Å². The fourth-order valence-electron chi connectivity index (χ4n) is 6.31. The minimum absolute atomic E-state index is 0.0318. The van der Waals surface area contributed by atoms with Crippen LogP contribution in [0.3, 0.4) is 0 Å². The molecule has 240 valence electrons. The second-order valence-corrected chi connectivity index (χ2v) is 12.0. The summed E-state index contributed by atoms with van der Waals surface area (Å²) in [5.74, 6) is 0.460. The number of fused-ring (bicyclic) bond motifs is 1. The number of nitrogens with one attached hydrogen (secondary N) is 3. The van der Waals surface area contributed by atoms with E-state index >= 15 is 0 Å². The lowest BCUT2D eigenvalue weighted by Crippen LogP contribution is -2.48. The molecule has 1 saturated heterocycles. The van der Waals surface area contributed by atoms with Gasteiger partial charge in [0.05, 0.1) is 12.1 Å². The number of likely N-dealkylation sites (tertiary alicyclic amines) is 1. The van der Waals surface area contributed by atoms with Gasteiger partial charge in [-0.1, -0.05) is 30.3 Å². The quantitative estimate of drug-likeness (QED) is 0.236. The van der Waals surface area contributed by atoms with E-state index in [1.54, 1.807) is 29.3 Å². The molecule has 2 aliphatic rings. The maximum absolute atomic E-state index is 13.6. The largest absolute Gasteiger partial charge is 0.367 e. The van der Waals surface area contributed by atoms with Gasteiger partial charge < -0.3 is 19.9 Å². The van der Waals surface area contributed by atoms with E-state index in [1.165, 1.54) is 18.7 Å². The predicted octanol–water partition coefficient (Wildman–Crippen LogP) is 3.06. The number of pyridine rings is 1. The number of carbonyl (C=O) groups is 2. The SMILES string of the molecule is CO[C@@]1(C(=O)Nc2ccc3[nH]nc(-c4ccc(=O)[nH]c4)c3c2)CCN(CC(=O)N2CC=C(c3ccc(-c4ncn(C)n4)cc3)CC2)C1. The van der Waals surface area contributed by atoms with E-state index in [2.05, 4.69) is 48.8 Å². The fourth-order valence-corrected chi connectivity index (χ4v) is 6.31. The molecular weight excluding hydrogens is 598 g/mol. The van der Waals surface area contributed by atoms with Crippen LogP contribution < -0.4 is 10.9 Å². The number of ether oxygens (including phenoxy) is 1. The van der Waals surface area contributed by atoms with Crippen LogP contribution in [0.2, 0.25) is 0 Å². The van der Waals surface area contributed by atoms with Crippen LogP contribution in [0.1, 0.15) is 18.4 Å². The highest BCUT2D eigenvalue weighted by molar-refractivity contribution is 6.01. The van der Waals surface area contributed by atoms with Gasteiger partial charge in [0, 0.05) is 74.8 Å². The molecule has 0 saturated carbocycles. The Morgan fingerprint density at radius 2 is 1.85 bits per heavy atom.